The van der Waals surface area contributed by atoms with E-state index in [0.29, 0.717) is 23.7 Å². The summed E-state index contributed by atoms with van der Waals surface area (Å²) in [5.74, 6) is -0.310. The van der Waals surface area contributed by atoms with Crippen LogP contribution in [-0.2, 0) is 9.53 Å². The van der Waals surface area contributed by atoms with Crippen molar-refractivity contribution < 1.29 is 14.3 Å². The van der Waals surface area contributed by atoms with Crippen LogP contribution in [0.15, 0.2) is 48.5 Å². The highest BCUT2D eigenvalue weighted by Crippen LogP contribution is 2.23. The second-order valence-corrected chi connectivity index (χ2v) is 8.17. The zero-order chi connectivity index (χ0) is 20.9. The van der Waals surface area contributed by atoms with Gasteiger partial charge in [0.2, 0.25) is 5.91 Å². The van der Waals surface area contributed by atoms with Crippen molar-refractivity contribution in [3.63, 3.8) is 0 Å². The number of ether oxygens (including phenoxy) is 1. The first-order chi connectivity index (χ1) is 14.6. The Morgan fingerprint density at radius 2 is 1.67 bits per heavy atom. The van der Waals surface area contributed by atoms with Crippen LogP contribution in [0.25, 0.3) is 0 Å². The van der Waals surface area contributed by atoms with Gasteiger partial charge in [0.1, 0.15) is 0 Å². The van der Waals surface area contributed by atoms with Gasteiger partial charge in [-0.1, -0.05) is 11.6 Å². The molecule has 2 fully saturated rings. The molecule has 2 aromatic rings. The predicted octanol–water partition coefficient (Wildman–Crippen LogP) is 3.67. The Bertz CT molecular complexity index is 880. The summed E-state index contributed by atoms with van der Waals surface area (Å²) in [6, 6.07) is 14.8. The van der Waals surface area contributed by atoms with Crippen molar-refractivity contribution >= 4 is 34.8 Å². The molecule has 0 radical (unpaired) electrons. The summed E-state index contributed by atoms with van der Waals surface area (Å²) in [7, 11) is 0. The highest BCUT2D eigenvalue weighted by atomic mass is 35.5. The Hall–Kier alpha value is -2.57. The number of nitrogens with one attached hydrogen (secondary N) is 1. The predicted molar refractivity (Wildman–Crippen MR) is 118 cm³/mol. The Balaban J connectivity index is 1.35. The van der Waals surface area contributed by atoms with Crippen LogP contribution in [0.5, 0.6) is 0 Å². The first kappa shape index (κ1) is 20.7. The minimum Gasteiger partial charge on any atom is -0.378 e. The molecule has 2 aliphatic rings. The van der Waals surface area contributed by atoms with Crippen molar-refractivity contribution in [2.45, 2.75) is 12.8 Å². The first-order valence-electron chi connectivity index (χ1n) is 10.4. The lowest BCUT2D eigenvalue weighted by molar-refractivity contribution is -0.121. The van der Waals surface area contributed by atoms with Crippen LogP contribution in [0.3, 0.4) is 0 Å². The third-order valence-corrected chi connectivity index (χ3v) is 5.93. The van der Waals surface area contributed by atoms with Gasteiger partial charge in [0.05, 0.1) is 19.1 Å². The highest BCUT2D eigenvalue weighted by Gasteiger charge is 2.29. The Labute approximate surface area is 181 Å². The number of morpholine rings is 1. The molecule has 2 amide bonds. The van der Waals surface area contributed by atoms with Gasteiger partial charge in [-0.05, 0) is 61.4 Å². The van der Waals surface area contributed by atoms with E-state index in [1.165, 1.54) is 0 Å². The average Bonchev–Trinajstić information content (AvgIpc) is 2.80. The number of carbonyl (C=O) groups excluding carboxylic acids is 2. The molecule has 2 saturated heterocycles. The summed E-state index contributed by atoms with van der Waals surface area (Å²) in [6.07, 6.45) is 1.59. The fourth-order valence-electron chi connectivity index (χ4n) is 3.97. The van der Waals surface area contributed by atoms with Gasteiger partial charge in [-0.3, -0.25) is 9.59 Å². The van der Waals surface area contributed by atoms with E-state index in [9.17, 15) is 9.59 Å². The van der Waals surface area contributed by atoms with Crippen LogP contribution in [-0.4, -0.2) is 56.1 Å². The molecule has 158 valence electrons. The lowest BCUT2D eigenvalue weighted by atomic mass is 9.96. The molecule has 1 atom stereocenters. The third-order valence-electron chi connectivity index (χ3n) is 5.68. The minimum absolute atomic E-state index is 0.0391. The van der Waals surface area contributed by atoms with E-state index in [4.69, 9.17) is 16.3 Å². The maximum atomic E-state index is 12.8. The fourth-order valence-corrected chi connectivity index (χ4v) is 4.10. The summed E-state index contributed by atoms with van der Waals surface area (Å²) in [5.41, 5.74) is 2.51. The number of nitrogens with zero attached hydrogens (tertiary/aromatic N) is 2. The lowest BCUT2D eigenvalue weighted by Crippen LogP contribution is -2.43. The number of benzene rings is 2. The summed E-state index contributed by atoms with van der Waals surface area (Å²) < 4.78 is 5.39. The van der Waals surface area contributed by atoms with Gasteiger partial charge < -0.3 is 19.9 Å². The van der Waals surface area contributed by atoms with Crippen LogP contribution in [0.2, 0.25) is 5.02 Å². The molecular formula is C23H26ClN3O3. The van der Waals surface area contributed by atoms with Gasteiger partial charge in [-0.25, -0.2) is 0 Å². The van der Waals surface area contributed by atoms with E-state index in [2.05, 4.69) is 10.2 Å². The molecular weight excluding hydrogens is 402 g/mol. The lowest BCUT2D eigenvalue weighted by Gasteiger charge is -2.32. The Morgan fingerprint density at radius 1 is 0.967 bits per heavy atom. The largest absolute Gasteiger partial charge is 0.378 e. The van der Waals surface area contributed by atoms with Gasteiger partial charge in [0.15, 0.2) is 0 Å². The first-order valence-corrected chi connectivity index (χ1v) is 10.8. The minimum atomic E-state index is -0.214. The SMILES string of the molecule is O=C(Nc1ccc(N2CCOCC2)cc1)[C@H]1CCCN(C(=O)c2ccc(Cl)cc2)C1. The number of anilines is 2. The number of amides is 2. The van der Waals surface area contributed by atoms with Gasteiger partial charge >= 0.3 is 0 Å². The van der Waals surface area contributed by atoms with E-state index in [1.807, 2.05) is 24.3 Å². The molecule has 2 aliphatic heterocycles. The van der Waals surface area contributed by atoms with Crippen molar-refractivity contribution in [2.24, 2.45) is 5.92 Å². The van der Waals surface area contributed by atoms with E-state index in [1.54, 1.807) is 29.2 Å². The summed E-state index contributed by atoms with van der Waals surface area (Å²) >= 11 is 5.91. The molecule has 2 aromatic carbocycles. The molecule has 4 rings (SSSR count). The number of rotatable bonds is 4. The summed E-state index contributed by atoms with van der Waals surface area (Å²) in [5, 5.41) is 3.61. The molecule has 0 unspecified atom stereocenters. The van der Waals surface area contributed by atoms with Crippen molar-refractivity contribution in [2.75, 3.05) is 49.6 Å². The van der Waals surface area contributed by atoms with Gasteiger partial charge in [-0.15, -0.1) is 0 Å². The topological polar surface area (TPSA) is 61.9 Å². The van der Waals surface area contributed by atoms with E-state index in [-0.39, 0.29) is 17.7 Å². The number of hydrogen-bond donors (Lipinski definition) is 1. The molecule has 0 saturated carbocycles. The monoisotopic (exact) mass is 427 g/mol. The number of piperidine rings is 1. The Morgan fingerprint density at radius 3 is 2.37 bits per heavy atom. The smallest absolute Gasteiger partial charge is 0.253 e. The third kappa shape index (κ3) is 4.94. The molecule has 0 spiro atoms. The van der Waals surface area contributed by atoms with Crippen molar-refractivity contribution in [3.05, 3.63) is 59.1 Å². The van der Waals surface area contributed by atoms with Crippen LogP contribution >= 0.6 is 11.6 Å². The van der Waals surface area contributed by atoms with Gasteiger partial charge in [0, 0.05) is 48.1 Å². The van der Waals surface area contributed by atoms with Gasteiger partial charge in [-0.2, -0.15) is 0 Å². The van der Waals surface area contributed by atoms with Crippen molar-refractivity contribution in [3.8, 4) is 0 Å². The van der Waals surface area contributed by atoms with Crippen LogP contribution in [0, 0.1) is 5.92 Å². The summed E-state index contributed by atoms with van der Waals surface area (Å²) in [4.78, 5) is 29.6. The second kappa shape index (κ2) is 9.49. The zero-order valence-corrected chi connectivity index (χ0v) is 17.6. The maximum Gasteiger partial charge on any atom is 0.253 e. The maximum absolute atomic E-state index is 12.8. The zero-order valence-electron chi connectivity index (χ0n) is 16.9. The normalized spacial score (nSPS) is 19.4. The number of hydrogen-bond acceptors (Lipinski definition) is 4. The number of carbonyl (C=O) groups is 2. The van der Waals surface area contributed by atoms with E-state index < -0.39 is 0 Å². The average molecular weight is 428 g/mol. The van der Waals surface area contributed by atoms with Crippen LogP contribution < -0.4 is 10.2 Å². The van der Waals surface area contributed by atoms with E-state index in [0.717, 1.165) is 50.5 Å². The standard InChI is InChI=1S/C23H26ClN3O3/c24-19-5-3-17(4-6-19)23(29)27-11-1-2-18(16-27)22(28)25-20-7-9-21(10-8-20)26-12-14-30-15-13-26/h3-10,18H,1-2,11-16H2,(H,25,28)/t18-/m0/s1. The Kier molecular flexibility index (Phi) is 6.55. The number of halogens is 1. The molecule has 1 N–H and O–H groups in total. The van der Waals surface area contributed by atoms with Crippen molar-refractivity contribution in [1.29, 1.82) is 0 Å². The van der Waals surface area contributed by atoms with Crippen LogP contribution in [0.4, 0.5) is 11.4 Å². The summed E-state index contributed by atoms with van der Waals surface area (Å²) in [6.45, 7) is 4.34. The molecule has 6 nitrogen and oxygen atoms in total. The van der Waals surface area contributed by atoms with Crippen LogP contribution in [0.1, 0.15) is 23.2 Å². The number of likely N-dealkylation sites (tertiary alicyclic amines) is 1. The van der Waals surface area contributed by atoms with E-state index >= 15 is 0 Å². The highest BCUT2D eigenvalue weighted by molar-refractivity contribution is 6.30. The second-order valence-electron chi connectivity index (χ2n) is 7.73. The molecule has 7 heteroatoms. The molecule has 0 bridgehead atoms. The fraction of sp³-hybridized carbons (Fsp3) is 0.391. The molecule has 2 heterocycles. The van der Waals surface area contributed by atoms with Crippen molar-refractivity contribution in [1.82, 2.24) is 4.90 Å². The molecule has 0 aromatic heterocycles. The quantitative estimate of drug-likeness (QED) is 0.808. The molecule has 30 heavy (non-hydrogen) atoms. The molecule has 0 aliphatic carbocycles. The van der Waals surface area contributed by atoms with Gasteiger partial charge in [0.25, 0.3) is 5.91 Å².